The molecule has 8 heteroatoms. The highest BCUT2D eigenvalue weighted by Crippen LogP contribution is 2.23. The van der Waals surface area contributed by atoms with Crippen molar-refractivity contribution in [2.45, 2.75) is 26.8 Å². The van der Waals surface area contributed by atoms with Gasteiger partial charge in [0, 0.05) is 24.2 Å². The predicted octanol–water partition coefficient (Wildman–Crippen LogP) is 3.78. The standard InChI is InChI=1S/C17H19Cl2N3O3/c1-3-7-22(17(24)13-6-5-11(18)8-14(13)19)10-12-9-15(21-25-12)16(23)20-4-2/h5-6,8-9H,3-4,7,10H2,1-2H3,(H,20,23). The maximum atomic E-state index is 12.8. The molecule has 0 aliphatic heterocycles. The monoisotopic (exact) mass is 383 g/mol. The lowest BCUT2D eigenvalue weighted by molar-refractivity contribution is 0.0727. The third-order valence-electron chi connectivity index (χ3n) is 3.42. The largest absolute Gasteiger partial charge is 0.359 e. The van der Waals surface area contributed by atoms with Crippen molar-refractivity contribution in [3.63, 3.8) is 0 Å². The van der Waals surface area contributed by atoms with Crippen molar-refractivity contribution in [1.29, 1.82) is 0 Å². The third kappa shape index (κ3) is 4.96. The molecule has 1 heterocycles. The SMILES string of the molecule is CCCN(Cc1cc(C(=O)NCC)no1)C(=O)c1ccc(Cl)cc1Cl. The minimum absolute atomic E-state index is 0.185. The number of benzene rings is 1. The Balaban J connectivity index is 2.18. The van der Waals surface area contributed by atoms with Crippen LogP contribution < -0.4 is 5.32 Å². The molecule has 0 unspecified atom stereocenters. The van der Waals surface area contributed by atoms with E-state index in [4.69, 9.17) is 27.7 Å². The Morgan fingerprint density at radius 3 is 2.64 bits per heavy atom. The van der Waals surface area contributed by atoms with Gasteiger partial charge in [-0.1, -0.05) is 35.3 Å². The molecule has 0 aliphatic rings. The van der Waals surface area contributed by atoms with Gasteiger partial charge in [0.25, 0.3) is 11.8 Å². The molecule has 0 atom stereocenters. The summed E-state index contributed by atoms with van der Waals surface area (Å²) in [4.78, 5) is 26.1. The van der Waals surface area contributed by atoms with Gasteiger partial charge in [0.05, 0.1) is 17.1 Å². The quantitative estimate of drug-likeness (QED) is 0.788. The first-order valence-corrected chi connectivity index (χ1v) is 8.70. The summed E-state index contributed by atoms with van der Waals surface area (Å²) >= 11 is 12.0. The lowest BCUT2D eigenvalue weighted by Gasteiger charge is -2.21. The summed E-state index contributed by atoms with van der Waals surface area (Å²) in [6, 6.07) is 6.27. The van der Waals surface area contributed by atoms with Gasteiger partial charge >= 0.3 is 0 Å². The van der Waals surface area contributed by atoms with E-state index in [1.54, 1.807) is 17.0 Å². The molecule has 2 amide bonds. The van der Waals surface area contributed by atoms with Crippen LogP contribution in [0.15, 0.2) is 28.8 Å². The van der Waals surface area contributed by atoms with Crippen LogP contribution in [-0.2, 0) is 6.54 Å². The van der Waals surface area contributed by atoms with E-state index in [0.717, 1.165) is 6.42 Å². The molecule has 0 aliphatic carbocycles. The summed E-state index contributed by atoms with van der Waals surface area (Å²) in [5.41, 5.74) is 0.549. The van der Waals surface area contributed by atoms with E-state index < -0.39 is 0 Å². The Hall–Kier alpha value is -2.05. The second-order valence-electron chi connectivity index (χ2n) is 5.39. The molecule has 0 saturated carbocycles. The van der Waals surface area contributed by atoms with E-state index in [1.807, 2.05) is 13.8 Å². The van der Waals surface area contributed by atoms with Crippen molar-refractivity contribution in [2.75, 3.05) is 13.1 Å². The van der Waals surface area contributed by atoms with Crippen LogP contribution in [0.5, 0.6) is 0 Å². The second-order valence-corrected chi connectivity index (χ2v) is 6.23. The Morgan fingerprint density at radius 1 is 1.24 bits per heavy atom. The number of carbonyl (C=O) groups is 2. The highest BCUT2D eigenvalue weighted by molar-refractivity contribution is 6.36. The number of rotatable bonds is 7. The highest BCUT2D eigenvalue weighted by atomic mass is 35.5. The predicted molar refractivity (Wildman–Crippen MR) is 96.0 cm³/mol. The third-order valence-corrected chi connectivity index (χ3v) is 3.97. The Kier molecular flexibility index (Phi) is 6.84. The summed E-state index contributed by atoms with van der Waals surface area (Å²) in [7, 11) is 0. The fraction of sp³-hybridized carbons (Fsp3) is 0.353. The van der Waals surface area contributed by atoms with Gasteiger partial charge < -0.3 is 14.7 Å². The molecule has 0 spiro atoms. The van der Waals surface area contributed by atoms with Gasteiger partial charge in [0.1, 0.15) is 0 Å². The molecule has 1 N–H and O–H groups in total. The molecule has 2 rings (SSSR count). The highest BCUT2D eigenvalue weighted by Gasteiger charge is 2.21. The van der Waals surface area contributed by atoms with Crippen molar-refractivity contribution in [3.05, 3.63) is 51.3 Å². The van der Waals surface area contributed by atoms with Gasteiger partial charge in [-0.05, 0) is 31.5 Å². The first-order chi connectivity index (χ1) is 12.0. The first kappa shape index (κ1) is 19.3. The molecular weight excluding hydrogens is 365 g/mol. The van der Waals surface area contributed by atoms with E-state index in [1.165, 1.54) is 12.1 Å². The van der Waals surface area contributed by atoms with Gasteiger partial charge in [0.15, 0.2) is 11.5 Å². The average Bonchev–Trinajstić information content (AvgIpc) is 3.03. The molecule has 0 bridgehead atoms. The smallest absolute Gasteiger partial charge is 0.273 e. The fourth-order valence-corrected chi connectivity index (χ4v) is 2.78. The molecular formula is C17H19Cl2N3O3. The number of carbonyl (C=O) groups excluding carboxylic acids is 2. The van der Waals surface area contributed by atoms with E-state index in [-0.39, 0.29) is 24.1 Å². The zero-order valence-corrected chi connectivity index (χ0v) is 15.5. The fourth-order valence-electron chi connectivity index (χ4n) is 2.29. The molecule has 0 saturated heterocycles. The van der Waals surface area contributed by atoms with Crippen LogP contribution >= 0.6 is 23.2 Å². The molecule has 0 fully saturated rings. The van der Waals surface area contributed by atoms with Crippen LogP contribution in [0.1, 0.15) is 46.9 Å². The van der Waals surface area contributed by atoms with E-state index in [0.29, 0.717) is 34.5 Å². The topological polar surface area (TPSA) is 75.4 Å². The van der Waals surface area contributed by atoms with Crippen LogP contribution in [-0.4, -0.2) is 35.0 Å². The van der Waals surface area contributed by atoms with Gasteiger partial charge in [-0.2, -0.15) is 0 Å². The summed E-state index contributed by atoms with van der Waals surface area (Å²) in [6.45, 7) is 4.98. The Bertz CT molecular complexity index is 761. The minimum Gasteiger partial charge on any atom is -0.359 e. The summed E-state index contributed by atoms with van der Waals surface area (Å²) in [6.07, 6.45) is 0.758. The molecule has 25 heavy (non-hydrogen) atoms. The maximum Gasteiger partial charge on any atom is 0.273 e. The summed E-state index contributed by atoms with van der Waals surface area (Å²) < 4.78 is 5.19. The molecule has 1 aromatic carbocycles. The van der Waals surface area contributed by atoms with Gasteiger partial charge in [-0.15, -0.1) is 0 Å². The van der Waals surface area contributed by atoms with Crippen molar-refractivity contribution < 1.29 is 14.1 Å². The summed E-state index contributed by atoms with van der Waals surface area (Å²) in [5.74, 6) is -0.126. The molecule has 1 aromatic heterocycles. The maximum absolute atomic E-state index is 12.8. The van der Waals surface area contributed by atoms with Crippen LogP contribution in [0.3, 0.4) is 0 Å². The van der Waals surface area contributed by atoms with Crippen molar-refractivity contribution in [3.8, 4) is 0 Å². The van der Waals surface area contributed by atoms with Crippen LogP contribution in [0.25, 0.3) is 0 Å². The van der Waals surface area contributed by atoms with Crippen molar-refractivity contribution >= 4 is 35.0 Å². The number of hydrogen-bond donors (Lipinski definition) is 1. The Labute approximate surface area is 156 Å². The normalized spacial score (nSPS) is 10.6. The van der Waals surface area contributed by atoms with Crippen molar-refractivity contribution in [1.82, 2.24) is 15.4 Å². The zero-order chi connectivity index (χ0) is 18.4. The molecule has 0 radical (unpaired) electrons. The summed E-state index contributed by atoms with van der Waals surface area (Å²) in [5, 5.41) is 7.14. The lowest BCUT2D eigenvalue weighted by atomic mass is 10.2. The molecule has 2 aromatic rings. The van der Waals surface area contributed by atoms with E-state index >= 15 is 0 Å². The first-order valence-electron chi connectivity index (χ1n) is 7.94. The number of hydrogen-bond acceptors (Lipinski definition) is 4. The van der Waals surface area contributed by atoms with Gasteiger partial charge in [-0.3, -0.25) is 9.59 Å². The number of nitrogens with one attached hydrogen (secondary N) is 1. The van der Waals surface area contributed by atoms with Crippen LogP contribution in [0.4, 0.5) is 0 Å². The number of aromatic nitrogens is 1. The van der Waals surface area contributed by atoms with Crippen LogP contribution in [0.2, 0.25) is 10.0 Å². The number of nitrogens with zero attached hydrogens (tertiary/aromatic N) is 2. The Morgan fingerprint density at radius 2 is 2.00 bits per heavy atom. The zero-order valence-electron chi connectivity index (χ0n) is 14.0. The van der Waals surface area contributed by atoms with Gasteiger partial charge in [-0.25, -0.2) is 0 Å². The molecule has 6 nitrogen and oxygen atoms in total. The number of amides is 2. The van der Waals surface area contributed by atoms with E-state index in [9.17, 15) is 9.59 Å². The second kappa shape index (κ2) is 8.87. The molecule has 134 valence electrons. The van der Waals surface area contributed by atoms with Crippen LogP contribution in [0, 0.1) is 0 Å². The minimum atomic E-state index is -0.313. The number of halogens is 2. The van der Waals surface area contributed by atoms with Gasteiger partial charge in [0.2, 0.25) is 0 Å². The average molecular weight is 384 g/mol. The van der Waals surface area contributed by atoms with Crippen molar-refractivity contribution in [2.24, 2.45) is 0 Å². The lowest BCUT2D eigenvalue weighted by Crippen LogP contribution is -2.31. The van der Waals surface area contributed by atoms with E-state index in [2.05, 4.69) is 10.5 Å².